The van der Waals surface area contributed by atoms with Crippen molar-refractivity contribution in [1.29, 1.82) is 0 Å². The molecule has 0 saturated carbocycles. The fraction of sp³-hybridized carbons (Fsp3) is 0.133. The lowest BCUT2D eigenvalue weighted by Gasteiger charge is -2.06. The van der Waals surface area contributed by atoms with E-state index in [1.165, 1.54) is 7.11 Å². The summed E-state index contributed by atoms with van der Waals surface area (Å²) >= 11 is 0. The Morgan fingerprint density at radius 2 is 2.14 bits per heavy atom. The summed E-state index contributed by atoms with van der Waals surface area (Å²) in [6.45, 7) is 0. The molecule has 0 spiro atoms. The van der Waals surface area contributed by atoms with Crippen LogP contribution in [0, 0.1) is 0 Å². The topological polar surface area (TPSA) is 86.4 Å². The van der Waals surface area contributed by atoms with Crippen molar-refractivity contribution in [2.24, 2.45) is 7.05 Å². The van der Waals surface area contributed by atoms with Crippen LogP contribution in [-0.4, -0.2) is 22.8 Å². The van der Waals surface area contributed by atoms with Gasteiger partial charge in [-0.15, -0.1) is 0 Å². The summed E-state index contributed by atoms with van der Waals surface area (Å²) in [6, 6.07) is 7.75. The highest BCUT2D eigenvalue weighted by Gasteiger charge is 2.15. The van der Waals surface area contributed by atoms with E-state index in [9.17, 15) is 9.59 Å². The second-order valence-electron chi connectivity index (χ2n) is 4.67. The van der Waals surface area contributed by atoms with Crippen molar-refractivity contribution in [3.8, 4) is 5.75 Å². The normalized spacial score (nSPS) is 10.6. The Morgan fingerprint density at radius 1 is 1.32 bits per heavy atom. The smallest absolute Gasteiger partial charge is 0.337 e. The minimum atomic E-state index is -0.605. The summed E-state index contributed by atoms with van der Waals surface area (Å²) in [6.07, 6.45) is 1.71. The van der Waals surface area contributed by atoms with Gasteiger partial charge >= 0.3 is 5.63 Å². The maximum atomic E-state index is 12.4. The second-order valence-corrected chi connectivity index (χ2v) is 4.67. The standard InChI is InChI=1S/C15H13N3O4/c1-18-6-5-13(17-18)16-15(20)11-8-14(19)22-12-7-9(21-2)3-4-10(11)12/h3-8H,1-2H3,(H,16,17,20). The van der Waals surface area contributed by atoms with Crippen molar-refractivity contribution in [3.05, 3.63) is 52.5 Å². The largest absolute Gasteiger partial charge is 0.497 e. The van der Waals surface area contributed by atoms with E-state index in [1.807, 2.05) is 0 Å². The number of hydrogen-bond donors (Lipinski definition) is 1. The number of carbonyl (C=O) groups is 1. The van der Waals surface area contributed by atoms with E-state index < -0.39 is 11.5 Å². The van der Waals surface area contributed by atoms with E-state index >= 15 is 0 Å². The highest BCUT2D eigenvalue weighted by atomic mass is 16.5. The summed E-state index contributed by atoms with van der Waals surface area (Å²) < 4.78 is 11.8. The number of nitrogens with one attached hydrogen (secondary N) is 1. The molecule has 0 bridgehead atoms. The van der Waals surface area contributed by atoms with Gasteiger partial charge in [0.1, 0.15) is 11.3 Å². The summed E-state index contributed by atoms with van der Waals surface area (Å²) in [4.78, 5) is 24.0. The number of carbonyl (C=O) groups excluding carboxylic acids is 1. The molecular weight excluding hydrogens is 286 g/mol. The van der Waals surface area contributed by atoms with Crippen molar-refractivity contribution >= 4 is 22.7 Å². The zero-order valence-corrected chi connectivity index (χ0v) is 12.0. The number of anilines is 1. The van der Waals surface area contributed by atoms with Gasteiger partial charge in [0.15, 0.2) is 5.82 Å². The van der Waals surface area contributed by atoms with Gasteiger partial charge in [0.25, 0.3) is 5.91 Å². The van der Waals surface area contributed by atoms with Gasteiger partial charge < -0.3 is 14.5 Å². The Balaban J connectivity index is 2.05. The molecule has 0 unspecified atom stereocenters. The number of rotatable bonds is 3. The number of ether oxygens (including phenoxy) is 1. The fourth-order valence-corrected chi connectivity index (χ4v) is 2.12. The zero-order valence-electron chi connectivity index (χ0n) is 12.0. The minimum Gasteiger partial charge on any atom is -0.497 e. The van der Waals surface area contributed by atoms with Crippen molar-refractivity contribution in [3.63, 3.8) is 0 Å². The number of nitrogens with zero attached hydrogens (tertiary/aromatic N) is 2. The SMILES string of the molecule is COc1ccc2c(C(=O)Nc3ccn(C)n3)cc(=O)oc2c1. The molecular formula is C15H13N3O4. The van der Waals surface area contributed by atoms with Crippen molar-refractivity contribution in [1.82, 2.24) is 9.78 Å². The van der Waals surface area contributed by atoms with Crippen molar-refractivity contribution < 1.29 is 13.9 Å². The molecule has 0 fully saturated rings. The number of methoxy groups -OCH3 is 1. The molecule has 2 heterocycles. The summed E-state index contributed by atoms with van der Waals surface area (Å²) in [7, 11) is 3.26. The maximum absolute atomic E-state index is 12.4. The average Bonchev–Trinajstić information content (AvgIpc) is 2.90. The van der Waals surface area contributed by atoms with E-state index in [2.05, 4.69) is 10.4 Å². The molecule has 7 heteroatoms. The molecule has 2 aromatic heterocycles. The van der Waals surface area contributed by atoms with Crippen LogP contribution in [-0.2, 0) is 7.05 Å². The number of aromatic nitrogens is 2. The minimum absolute atomic E-state index is 0.222. The molecule has 1 N–H and O–H groups in total. The second kappa shape index (κ2) is 5.36. The van der Waals surface area contributed by atoms with Gasteiger partial charge in [-0.05, 0) is 12.1 Å². The number of benzene rings is 1. The van der Waals surface area contributed by atoms with E-state index in [0.29, 0.717) is 17.0 Å². The van der Waals surface area contributed by atoms with E-state index in [-0.39, 0.29) is 11.1 Å². The summed E-state index contributed by atoms with van der Waals surface area (Å²) in [5.41, 5.74) is -0.0931. The van der Waals surface area contributed by atoms with Gasteiger partial charge in [-0.3, -0.25) is 9.48 Å². The lowest BCUT2D eigenvalue weighted by atomic mass is 10.1. The molecule has 22 heavy (non-hydrogen) atoms. The Labute approximate surface area is 125 Å². The van der Waals surface area contributed by atoms with E-state index in [4.69, 9.17) is 9.15 Å². The van der Waals surface area contributed by atoms with Crippen LogP contribution in [0.25, 0.3) is 11.0 Å². The van der Waals surface area contributed by atoms with Crippen LogP contribution >= 0.6 is 0 Å². The Kier molecular flexibility index (Phi) is 3.38. The molecule has 0 atom stereocenters. The number of fused-ring (bicyclic) bond motifs is 1. The van der Waals surface area contributed by atoms with Gasteiger partial charge in [-0.25, -0.2) is 4.79 Å². The van der Waals surface area contributed by atoms with Crippen molar-refractivity contribution in [2.45, 2.75) is 0 Å². The summed E-state index contributed by atoms with van der Waals surface area (Å²) in [5.74, 6) is 0.516. The fourth-order valence-electron chi connectivity index (χ4n) is 2.12. The molecule has 0 saturated heterocycles. The van der Waals surface area contributed by atoms with Crippen LogP contribution in [0.5, 0.6) is 5.75 Å². The Hall–Kier alpha value is -3.09. The van der Waals surface area contributed by atoms with E-state index in [0.717, 1.165) is 6.07 Å². The maximum Gasteiger partial charge on any atom is 0.337 e. The molecule has 7 nitrogen and oxygen atoms in total. The van der Waals surface area contributed by atoms with Crippen molar-refractivity contribution in [2.75, 3.05) is 12.4 Å². The monoisotopic (exact) mass is 299 g/mol. The van der Waals surface area contributed by atoms with Gasteiger partial charge in [0.2, 0.25) is 0 Å². The molecule has 112 valence electrons. The highest BCUT2D eigenvalue weighted by molar-refractivity contribution is 6.11. The predicted molar refractivity (Wildman–Crippen MR) is 80.2 cm³/mol. The first-order valence-electron chi connectivity index (χ1n) is 6.50. The number of aryl methyl sites for hydroxylation is 1. The van der Waals surface area contributed by atoms with Crippen LogP contribution in [0.4, 0.5) is 5.82 Å². The lowest BCUT2D eigenvalue weighted by Crippen LogP contribution is -2.15. The molecule has 3 aromatic rings. The van der Waals surface area contributed by atoms with E-state index in [1.54, 1.807) is 42.2 Å². The molecule has 0 aliphatic rings. The average molecular weight is 299 g/mol. The molecule has 0 radical (unpaired) electrons. The Bertz CT molecular complexity index is 911. The third-order valence-electron chi connectivity index (χ3n) is 3.15. The van der Waals surface area contributed by atoms with Gasteiger partial charge in [0, 0.05) is 36.8 Å². The quantitative estimate of drug-likeness (QED) is 0.745. The van der Waals surface area contributed by atoms with Crippen LogP contribution in [0.1, 0.15) is 10.4 Å². The van der Waals surface area contributed by atoms with Crippen LogP contribution < -0.4 is 15.7 Å². The summed E-state index contributed by atoms with van der Waals surface area (Å²) in [5, 5.41) is 7.24. The van der Waals surface area contributed by atoms with Gasteiger partial charge in [-0.1, -0.05) is 0 Å². The van der Waals surface area contributed by atoms with Crippen LogP contribution in [0.3, 0.4) is 0 Å². The number of amides is 1. The first kappa shape index (κ1) is 13.9. The van der Waals surface area contributed by atoms with Gasteiger partial charge in [-0.2, -0.15) is 5.10 Å². The van der Waals surface area contributed by atoms with Crippen LogP contribution in [0.2, 0.25) is 0 Å². The third-order valence-corrected chi connectivity index (χ3v) is 3.15. The molecule has 0 aliphatic carbocycles. The molecule has 3 rings (SSSR count). The Morgan fingerprint density at radius 3 is 2.82 bits per heavy atom. The molecule has 0 aliphatic heterocycles. The lowest BCUT2D eigenvalue weighted by molar-refractivity contribution is 0.102. The first-order valence-corrected chi connectivity index (χ1v) is 6.50. The molecule has 1 amide bonds. The predicted octanol–water partition coefficient (Wildman–Crippen LogP) is 1.79. The first-order chi connectivity index (χ1) is 10.6. The third kappa shape index (κ3) is 2.56. The highest BCUT2D eigenvalue weighted by Crippen LogP contribution is 2.23. The zero-order chi connectivity index (χ0) is 15.7. The molecule has 1 aromatic carbocycles. The van der Waals surface area contributed by atoms with Crippen LogP contribution in [0.15, 0.2) is 45.7 Å². The number of hydrogen-bond acceptors (Lipinski definition) is 5. The van der Waals surface area contributed by atoms with Gasteiger partial charge in [0.05, 0.1) is 12.7 Å².